The van der Waals surface area contributed by atoms with Gasteiger partial charge in [-0.2, -0.15) is 0 Å². The van der Waals surface area contributed by atoms with Gasteiger partial charge in [0, 0.05) is 5.69 Å². The van der Waals surface area contributed by atoms with Crippen molar-refractivity contribution in [1.29, 1.82) is 0 Å². The molecule has 1 aromatic carbocycles. The second-order valence-electron chi connectivity index (χ2n) is 6.55. The average molecular weight is 358 g/mol. The van der Waals surface area contributed by atoms with E-state index in [4.69, 9.17) is 9.47 Å². The van der Waals surface area contributed by atoms with Crippen LogP contribution in [0.3, 0.4) is 0 Å². The molecule has 1 amide bonds. The van der Waals surface area contributed by atoms with Gasteiger partial charge < -0.3 is 19.8 Å². The quantitative estimate of drug-likeness (QED) is 0.772. The predicted molar refractivity (Wildman–Crippen MR) is 99.7 cm³/mol. The van der Waals surface area contributed by atoms with Gasteiger partial charge in [-0.1, -0.05) is 12.1 Å². The number of carbonyl (C=O) groups excluding carboxylic acids is 2. The molecule has 1 atom stereocenters. The molecule has 6 nitrogen and oxygen atoms in total. The zero-order valence-electron chi connectivity index (χ0n) is 16.1. The second kappa shape index (κ2) is 8.08. The first-order chi connectivity index (χ1) is 12.2. The number of ether oxygens (including phenoxy) is 2. The average Bonchev–Trinajstić information content (AvgIpc) is 2.88. The molecule has 2 rings (SSSR count). The molecular formula is C20H26N2O4. The Morgan fingerprint density at radius 1 is 1.15 bits per heavy atom. The molecule has 0 aliphatic heterocycles. The first-order valence-electron chi connectivity index (χ1n) is 8.59. The number of hydrogen-bond acceptors (Lipinski definition) is 4. The van der Waals surface area contributed by atoms with Crippen molar-refractivity contribution in [1.82, 2.24) is 10.3 Å². The highest BCUT2D eigenvalue weighted by atomic mass is 16.5. The number of nitrogens with one attached hydrogen (secondary N) is 2. The number of aryl methyl sites for hydroxylation is 1. The summed E-state index contributed by atoms with van der Waals surface area (Å²) in [5.74, 6) is 0.0313. The van der Waals surface area contributed by atoms with Crippen molar-refractivity contribution in [2.24, 2.45) is 0 Å². The van der Waals surface area contributed by atoms with Gasteiger partial charge in [0.2, 0.25) is 0 Å². The van der Waals surface area contributed by atoms with E-state index in [0.717, 1.165) is 11.3 Å². The molecule has 0 saturated carbocycles. The maximum absolute atomic E-state index is 12.7. The molecule has 140 valence electrons. The topological polar surface area (TPSA) is 80.4 Å². The third-order valence-electron chi connectivity index (χ3n) is 4.13. The van der Waals surface area contributed by atoms with Crippen LogP contribution in [-0.4, -0.2) is 30.1 Å². The van der Waals surface area contributed by atoms with Crippen LogP contribution in [0, 0.1) is 13.8 Å². The molecule has 2 N–H and O–H groups in total. The first-order valence-corrected chi connectivity index (χ1v) is 8.59. The minimum absolute atomic E-state index is 0.0800. The molecule has 1 unspecified atom stereocenters. The fraction of sp³-hybridized carbons (Fsp3) is 0.400. The lowest BCUT2D eigenvalue weighted by atomic mass is 10.1. The molecule has 1 aromatic heterocycles. The van der Waals surface area contributed by atoms with Gasteiger partial charge in [-0.3, -0.25) is 4.79 Å². The number of rotatable bonds is 6. The van der Waals surface area contributed by atoms with Gasteiger partial charge in [0.1, 0.15) is 11.4 Å². The smallest absolute Gasteiger partial charge is 0.339 e. The molecular weight excluding hydrogens is 332 g/mol. The summed E-state index contributed by atoms with van der Waals surface area (Å²) >= 11 is 0. The molecule has 0 aliphatic carbocycles. The van der Waals surface area contributed by atoms with Crippen LogP contribution in [0.15, 0.2) is 24.3 Å². The van der Waals surface area contributed by atoms with Gasteiger partial charge in [-0.05, 0) is 57.9 Å². The van der Waals surface area contributed by atoms with Crippen molar-refractivity contribution in [3.05, 3.63) is 52.3 Å². The Hall–Kier alpha value is -2.76. The molecule has 0 fully saturated rings. The number of carbonyl (C=O) groups is 2. The lowest BCUT2D eigenvalue weighted by Crippen LogP contribution is -2.27. The number of aromatic nitrogens is 1. The van der Waals surface area contributed by atoms with Crippen LogP contribution in [-0.2, 0) is 4.74 Å². The maximum Gasteiger partial charge on any atom is 0.339 e. The summed E-state index contributed by atoms with van der Waals surface area (Å²) in [6.07, 6.45) is 0.0800. The molecule has 0 spiro atoms. The van der Waals surface area contributed by atoms with E-state index in [9.17, 15) is 9.59 Å². The van der Waals surface area contributed by atoms with E-state index in [1.54, 1.807) is 13.8 Å². The van der Waals surface area contributed by atoms with Crippen LogP contribution in [0.5, 0.6) is 5.75 Å². The predicted octanol–water partition coefficient (Wildman–Crippen LogP) is 3.70. The largest absolute Gasteiger partial charge is 0.491 e. The fourth-order valence-electron chi connectivity index (χ4n) is 2.87. The number of hydrogen-bond donors (Lipinski definition) is 2. The molecule has 0 bridgehead atoms. The lowest BCUT2D eigenvalue weighted by molar-refractivity contribution is 0.0599. The number of amides is 1. The molecule has 6 heteroatoms. The Morgan fingerprint density at radius 3 is 2.46 bits per heavy atom. The Bertz CT molecular complexity index is 808. The monoisotopic (exact) mass is 358 g/mol. The number of benzene rings is 1. The SMILES string of the molecule is COC(=O)c1c(C)[nH]c(C(=O)NC(C)c2cccc(OC(C)C)c2)c1C. The van der Waals surface area contributed by atoms with E-state index in [2.05, 4.69) is 10.3 Å². The van der Waals surface area contributed by atoms with E-state index in [0.29, 0.717) is 22.5 Å². The summed E-state index contributed by atoms with van der Waals surface area (Å²) in [7, 11) is 1.32. The second-order valence-corrected chi connectivity index (χ2v) is 6.55. The lowest BCUT2D eigenvalue weighted by Gasteiger charge is -2.16. The Balaban J connectivity index is 2.19. The van der Waals surface area contributed by atoms with Crippen LogP contribution in [0.4, 0.5) is 0 Å². The molecule has 0 saturated heterocycles. The van der Waals surface area contributed by atoms with Gasteiger partial charge in [0.25, 0.3) is 5.91 Å². The van der Waals surface area contributed by atoms with Gasteiger partial charge in [0.05, 0.1) is 24.8 Å². The van der Waals surface area contributed by atoms with Crippen molar-refractivity contribution in [2.75, 3.05) is 7.11 Å². The molecule has 1 heterocycles. The number of methoxy groups -OCH3 is 1. The minimum Gasteiger partial charge on any atom is -0.491 e. The van der Waals surface area contributed by atoms with E-state index in [-0.39, 0.29) is 18.1 Å². The van der Waals surface area contributed by atoms with Crippen molar-refractivity contribution in [3.63, 3.8) is 0 Å². The van der Waals surface area contributed by atoms with E-state index >= 15 is 0 Å². The summed E-state index contributed by atoms with van der Waals surface area (Å²) < 4.78 is 10.5. The number of H-pyrrole nitrogens is 1. The number of esters is 1. The third-order valence-corrected chi connectivity index (χ3v) is 4.13. The highest BCUT2D eigenvalue weighted by Gasteiger charge is 2.23. The van der Waals surface area contributed by atoms with Crippen LogP contribution in [0.2, 0.25) is 0 Å². The number of aromatic amines is 1. The van der Waals surface area contributed by atoms with Gasteiger partial charge >= 0.3 is 5.97 Å². The standard InChI is InChI=1S/C20H26N2O4/c1-11(2)26-16-9-7-8-15(10-16)13(4)22-19(23)18-12(3)17(14(5)21-18)20(24)25-6/h7-11,13,21H,1-6H3,(H,22,23). The van der Waals surface area contributed by atoms with E-state index < -0.39 is 5.97 Å². The van der Waals surface area contributed by atoms with Crippen molar-refractivity contribution >= 4 is 11.9 Å². The van der Waals surface area contributed by atoms with Crippen LogP contribution in [0.1, 0.15) is 64.5 Å². The highest BCUT2D eigenvalue weighted by Crippen LogP contribution is 2.22. The van der Waals surface area contributed by atoms with Crippen molar-refractivity contribution in [3.8, 4) is 5.75 Å². The Labute approximate surface area is 153 Å². The Kier molecular flexibility index (Phi) is 6.08. The van der Waals surface area contributed by atoms with Crippen LogP contribution < -0.4 is 10.1 Å². The summed E-state index contributed by atoms with van der Waals surface area (Å²) in [5, 5.41) is 2.95. The third kappa shape index (κ3) is 4.25. The molecule has 26 heavy (non-hydrogen) atoms. The summed E-state index contributed by atoms with van der Waals surface area (Å²) in [4.78, 5) is 27.5. The summed E-state index contributed by atoms with van der Waals surface area (Å²) in [6.45, 7) is 9.30. The molecule has 0 aliphatic rings. The van der Waals surface area contributed by atoms with Crippen LogP contribution >= 0.6 is 0 Å². The van der Waals surface area contributed by atoms with Gasteiger partial charge in [0.15, 0.2) is 0 Å². The van der Waals surface area contributed by atoms with Gasteiger partial charge in [-0.25, -0.2) is 4.79 Å². The van der Waals surface area contributed by atoms with E-state index in [1.807, 2.05) is 45.0 Å². The molecule has 0 radical (unpaired) electrons. The summed E-state index contributed by atoms with van der Waals surface area (Å²) in [5.41, 5.74) is 2.89. The van der Waals surface area contributed by atoms with E-state index in [1.165, 1.54) is 7.11 Å². The molecule has 2 aromatic rings. The highest BCUT2D eigenvalue weighted by molar-refractivity contribution is 6.00. The minimum atomic E-state index is -0.457. The van der Waals surface area contributed by atoms with Crippen molar-refractivity contribution < 1.29 is 19.1 Å². The normalized spacial score (nSPS) is 12.0. The zero-order valence-corrected chi connectivity index (χ0v) is 16.1. The zero-order chi connectivity index (χ0) is 19.4. The van der Waals surface area contributed by atoms with Gasteiger partial charge in [-0.15, -0.1) is 0 Å². The summed E-state index contributed by atoms with van der Waals surface area (Å²) in [6, 6.07) is 7.42. The van der Waals surface area contributed by atoms with Crippen molar-refractivity contribution in [2.45, 2.75) is 46.8 Å². The fourth-order valence-corrected chi connectivity index (χ4v) is 2.87. The Morgan fingerprint density at radius 2 is 1.85 bits per heavy atom. The first kappa shape index (κ1) is 19.6. The maximum atomic E-state index is 12.7. The van der Waals surface area contributed by atoms with Crippen LogP contribution in [0.25, 0.3) is 0 Å².